The molecule has 9 heteroatoms. The van der Waals surface area contributed by atoms with E-state index in [2.05, 4.69) is 32.6 Å². The highest BCUT2D eigenvalue weighted by Gasteiger charge is 2.27. The first-order chi connectivity index (χ1) is 9.33. The zero-order valence-corrected chi connectivity index (χ0v) is 15.6. The molecule has 1 aliphatic rings. The largest absolute Gasteiger partial charge is 0.303 e. The summed E-state index contributed by atoms with van der Waals surface area (Å²) in [5.74, 6) is 0. The molecule has 2 heterocycles. The van der Waals surface area contributed by atoms with Crippen molar-refractivity contribution < 1.29 is 8.42 Å². The monoisotopic (exact) mass is 420 g/mol. The molecule has 1 fully saturated rings. The van der Waals surface area contributed by atoms with Crippen molar-refractivity contribution in [2.45, 2.75) is 30.2 Å². The summed E-state index contributed by atoms with van der Waals surface area (Å²) in [6.45, 7) is 1.47. The first-order valence-electron chi connectivity index (χ1n) is 6.16. The molecule has 0 saturated carbocycles. The SMILES string of the molecule is CN1CCCC1CCNS(=O)(=O)c1c(Cl)sc(Cl)c1Br. The van der Waals surface area contributed by atoms with Crippen LogP contribution in [0, 0.1) is 0 Å². The molecular weight excluding hydrogens is 407 g/mol. The van der Waals surface area contributed by atoms with Crippen LogP contribution in [-0.2, 0) is 10.0 Å². The highest BCUT2D eigenvalue weighted by atomic mass is 79.9. The number of sulfonamides is 1. The molecule has 114 valence electrons. The Balaban J connectivity index is 2.01. The summed E-state index contributed by atoms with van der Waals surface area (Å²) in [6.07, 6.45) is 3.08. The van der Waals surface area contributed by atoms with Crippen LogP contribution in [0.25, 0.3) is 0 Å². The van der Waals surface area contributed by atoms with Crippen molar-refractivity contribution in [2.24, 2.45) is 0 Å². The first-order valence-corrected chi connectivity index (χ1v) is 10.0. The number of rotatable bonds is 5. The third-order valence-electron chi connectivity index (χ3n) is 3.44. The van der Waals surface area contributed by atoms with E-state index >= 15 is 0 Å². The van der Waals surface area contributed by atoms with Gasteiger partial charge in [-0.2, -0.15) is 0 Å². The Morgan fingerprint density at radius 2 is 2.15 bits per heavy atom. The van der Waals surface area contributed by atoms with Gasteiger partial charge >= 0.3 is 0 Å². The zero-order valence-electron chi connectivity index (χ0n) is 10.8. The minimum absolute atomic E-state index is 0.0361. The van der Waals surface area contributed by atoms with Crippen LogP contribution in [0.2, 0.25) is 8.67 Å². The lowest BCUT2D eigenvalue weighted by Crippen LogP contribution is -2.31. The molecule has 1 saturated heterocycles. The number of thiophene rings is 1. The fourth-order valence-electron chi connectivity index (χ4n) is 2.35. The molecule has 2 rings (SSSR count). The van der Waals surface area contributed by atoms with Crippen LogP contribution >= 0.6 is 50.5 Å². The van der Waals surface area contributed by atoms with Gasteiger partial charge in [0.25, 0.3) is 0 Å². The molecule has 1 aliphatic heterocycles. The summed E-state index contributed by atoms with van der Waals surface area (Å²) >= 11 is 16.0. The maximum atomic E-state index is 12.3. The standard InChI is InChI=1S/C11H15BrCl2N2O2S2/c1-16-6-2-3-7(16)4-5-15-20(17,18)9-8(12)10(13)19-11(9)14/h7,15H,2-6H2,1H3. The molecule has 1 unspecified atom stereocenters. The summed E-state index contributed by atoms with van der Waals surface area (Å²) in [5, 5.41) is 0. The minimum Gasteiger partial charge on any atom is -0.303 e. The van der Waals surface area contributed by atoms with Crippen molar-refractivity contribution in [3.05, 3.63) is 13.1 Å². The zero-order chi connectivity index (χ0) is 14.9. The lowest BCUT2D eigenvalue weighted by atomic mass is 10.1. The van der Waals surface area contributed by atoms with E-state index in [0.717, 1.165) is 30.7 Å². The maximum absolute atomic E-state index is 12.3. The predicted octanol–water partition coefficient (Wildman–Crippen LogP) is 3.58. The van der Waals surface area contributed by atoms with Gasteiger partial charge in [-0.05, 0) is 48.8 Å². The Hall–Kier alpha value is 0.630. The highest BCUT2D eigenvalue weighted by Crippen LogP contribution is 2.42. The van der Waals surface area contributed by atoms with Gasteiger partial charge in [-0.15, -0.1) is 11.3 Å². The van der Waals surface area contributed by atoms with Crippen molar-refractivity contribution in [2.75, 3.05) is 20.1 Å². The molecule has 0 radical (unpaired) electrons. The van der Waals surface area contributed by atoms with E-state index in [1.165, 1.54) is 6.42 Å². The second-order valence-corrected chi connectivity index (χ2v) is 9.48. The van der Waals surface area contributed by atoms with E-state index in [4.69, 9.17) is 23.2 Å². The molecule has 0 spiro atoms. The predicted molar refractivity (Wildman–Crippen MR) is 87.5 cm³/mol. The number of hydrogen-bond acceptors (Lipinski definition) is 4. The molecule has 0 bridgehead atoms. The van der Waals surface area contributed by atoms with Gasteiger partial charge in [0.15, 0.2) is 0 Å². The molecular formula is C11H15BrCl2N2O2S2. The van der Waals surface area contributed by atoms with Gasteiger partial charge in [-0.25, -0.2) is 13.1 Å². The second-order valence-electron chi connectivity index (χ2n) is 4.76. The van der Waals surface area contributed by atoms with E-state index in [9.17, 15) is 8.42 Å². The van der Waals surface area contributed by atoms with E-state index in [1.54, 1.807) is 0 Å². The van der Waals surface area contributed by atoms with Crippen LogP contribution in [0.1, 0.15) is 19.3 Å². The first kappa shape index (κ1) is 17.0. The fourth-order valence-corrected chi connectivity index (χ4v) is 6.94. The summed E-state index contributed by atoms with van der Waals surface area (Å²) in [5.41, 5.74) is 0. The van der Waals surface area contributed by atoms with Gasteiger partial charge in [0.1, 0.15) is 13.6 Å². The lowest BCUT2D eigenvalue weighted by Gasteiger charge is -2.19. The van der Waals surface area contributed by atoms with Gasteiger partial charge in [0, 0.05) is 12.6 Å². The molecule has 0 aromatic carbocycles. The average molecular weight is 422 g/mol. The van der Waals surface area contributed by atoms with Crippen molar-refractivity contribution in [1.29, 1.82) is 0 Å². The van der Waals surface area contributed by atoms with Crippen LogP contribution in [0.3, 0.4) is 0 Å². The molecule has 0 amide bonds. The summed E-state index contributed by atoms with van der Waals surface area (Å²) < 4.78 is 27.9. The summed E-state index contributed by atoms with van der Waals surface area (Å²) in [4.78, 5) is 2.30. The number of likely N-dealkylation sites (tertiary alicyclic amines) is 1. The minimum atomic E-state index is -3.63. The Bertz CT molecular complexity index is 591. The Labute approximate surface area is 141 Å². The molecule has 1 atom stereocenters. The Morgan fingerprint density at radius 1 is 1.45 bits per heavy atom. The van der Waals surface area contributed by atoms with Gasteiger partial charge in [0.2, 0.25) is 10.0 Å². The van der Waals surface area contributed by atoms with Crippen LogP contribution in [0.4, 0.5) is 0 Å². The Kier molecular flexibility index (Phi) is 5.79. The maximum Gasteiger partial charge on any atom is 0.244 e. The van der Waals surface area contributed by atoms with Crippen LogP contribution < -0.4 is 4.72 Å². The van der Waals surface area contributed by atoms with Gasteiger partial charge in [0.05, 0.1) is 4.47 Å². The average Bonchev–Trinajstić information content (AvgIpc) is 2.84. The molecule has 0 aliphatic carbocycles. The fraction of sp³-hybridized carbons (Fsp3) is 0.636. The van der Waals surface area contributed by atoms with E-state index in [1.807, 2.05) is 0 Å². The number of halogens is 3. The molecule has 1 aromatic heterocycles. The van der Waals surface area contributed by atoms with E-state index in [0.29, 0.717) is 21.4 Å². The molecule has 4 nitrogen and oxygen atoms in total. The lowest BCUT2D eigenvalue weighted by molar-refractivity contribution is 0.297. The van der Waals surface area contributed by atoms with E-state index in [-0.39, 0.29) is 9.23 Å². The molecule has 1 N–H and O–H groups in total. The second kappa shape index (κ2) is 6.81. The molecule has 20 heavy (non-hydrogen) atoms. The van der Waals surface area contributed by atoms with Gasteiger partial charge in [-0.3, -0.25) is 0 Å². The van der Waals surface area contributed by atoms with Crippen LogP contribution in [-0.4, -0.2) is 39.5 Å². The topological polar surface area (TPSA) is 49.4 Å². The summed E-state index contributed by atoms with van der Waals surface area (Å²) in [7, 11) is -1.56. The van der Waals surface area contributed by atoms with Crippen LogP contribution in [0.15, 0.2) is 9.37 Å². The quantitative estimate of drug-likeness (QED) is 0.790. The smallest absolute Gasteiger partial charge is 0.244 e. The van der Waals surface area contributed by atoms with Crippen molar-refractivity contribution >= 4 is 60.5 Å². The number of nitrogens with one attached hydrogen (secondary N) is 1. The normalized spacial score (nSPS) is 20.7. The van der Waals surface area contributed by atoms with Gasteiger partial charge in [-0.1, -0.05) is 23.2 Å². The Morgan fingerprint density at radius 3 is 2.65 bits per heavy atom. The van der Waals surface area contributed by atoms with Crippen molar-refractivity contribution in [3.63, 3.8) is 0 Å². The number of nitrogens with zero attached hydrogens (tertiary/aromatic N) is 1. The molecule has 1 aromatic rings. The van der Waals surface area contributed by atoms with Gasteiger partial charge < -0.3 is 4.90 Å². The highest BCUT2D eigenvalue weighted by molar-refractivity contribution is 9.10. The third-order valence-corrected chi connectivity index (χ3v) is 8.36. The third kappa shape index (κ3) is 3.69. The number of hydrogen-bond donors (Lipinski definition) is 1. The van der Waals surface area contributed by atoms with Crippen molar-refractivity contribution in [3.8, 4) is 0 Å². The van der Waals surface area contributed by atoms with Crippen molar-refractivity contribution in [1.82, 2.24) is 9.62 Å². The van der Waals surface area contributed by atoms with Crippen LogP contribution in [0.5, 0.6) is 0 Å². The summed E-state index contributed by atoms with van der Waals surface area (Å²) in [6, 6.07) is 0.447. The van der Waals surface area contributed by atoms with E-state index < -0.39 is 10.0 Å².